The van der Waals surface area contributed by atoms with E-state index in [9.17, 15) is 9.59 Å². The lowest BCUT2D eigenvalue weighted by atomic mass is 9.93. The predicted molar refractivity (Wildman–Crippen MR) is 83.1 cm³/mol. The molecule has 1 heterocycles. The molecule has 2 rings (SSSR count). The number of hydrogen-bond donors (Lipinski definition) is 1. The molecule has 6 heteroatoms. The van der Waals surface area contributed by atoms with E-state index >= 15 is 0 Å². The molecule has 1 aliphatic heterocycles. The van der Waals surface area contributed by atoms with Crippen LogP contribution in [0.1, 0.15) is 26.7 Å². The third-order valence-electron chi connectivity index (χ3n) is 3.97. The number of ether oxygens (including phenoxy) is 1. The topological polar surface area (TPSA) is 66.8 Å². The lowest BCUT2D eigenvalue weighted by Gasteiger charge is -2.37. The number of likely N-dealkylation sites (tertiary alicyclic amines) is 1. The second-order valence-electron chi connectivity index (χ2n) is 5.67. The first-order chi connectivity index (χ1) is 10.4. The number of nitrogens with zero attached hydrogens (tertiary/aromatic N) is 1. The summed E-state index contributed by atoms with van der Waals surface area (Å²) in [6.45, 7) is 3.83. The SMILES string of the molecule is CC(Oc1cccc(Cl)c1)C(=O)N1CC(C(=O)O)CCC1C. The Hall–Kier alpha value is -1.75. The van der Waals surface area contributed by atoms with Crippen LogP contribution in [0.4, 0.5) is 0 Å². The monoisotopic (exact) mass is 325 g/mol. The van der Waals surface area contributed by atoms with Gasteiger partial charge in [0, 0.05) is 17.6 Å². The van der Waals surface area contributed by atoms with Gasteiger partial charge in [-0.05, 0) is 44.9 Å². The second-order valence-corrected chi connectivity index (χ2v) is 6.11. The molecule has 0 aliphatic carbocycles. The third kappa shape index (κ3) is 3.91. The minimum Gasteiger partial charge on any atom is -0.481 e. The van der Waals surface area contributed by atoms with Gasteiger partial charge in [0.05, 0.1) is 5.92 Å². The van der Waals surface area contributed by atoms with Crippen molar-refractivity contribution in [2.24, 2.45) is 5.92 Å². The molecule has 1 fully saturated rings. The Balaban J connectivity index is 2.03. The molecule has 22 heavy (non-hydrogen) atoms. The van der Waals surface area contributed by atoms with Gasteiger partial charge in [0.1, 0.15) is 5.75 Å². The molecular formula is C16H20ClNO4. The number of hydrogen-bond acceptors (Lipinski definition) is 3. The summed E-state index contributed by atoms with van der Waals surface area (Å²) in [5.41, 5.74) is 0. The van der Waals surface area contributed by atoms with Gasteiger partial charge in [-0.25, -0.2) is 0 Å². The molecule has 1 saturated heterocycles. The first-order valence-electron chi connectivity index (χ1n) is 7.34. The lowest BCUT2D eigenvalue weighted by Crippen LogP contribution is -2.51. The first-order valence-corrected chi connectivity index (χ1v) is 7.71. The summed E-state index contributed by atoms with van der Waals surface area (Å²) in [6, 6.07) is 6.87. The Labute approximate surface area is 134 Å². The normalized spacial score (nSPS) is 23.0. The van der Waals surface area contributed by atoms with Gasteiger partial charge in [-0.1, -0.05) is 17.7 Å². The molecule has 1 aromatic carbocycles. The van der Waals surface area contributed by atoms with E-state index in [0.717, 1.165) is 0 Å². The molecule has 0 saturated carbocycles. The number of piperidine rings is 1. The fourth-order valence-electron chi connectivity index (χ4n) is 2.64. The quantitative estimate of drug-likeness (QED) is 0.924. The number of benzene rings is 1. The summed E-state index contributed by atoms with van der Waals surface area (Å²) in [7, 11) is 0. The average molecular weight is 326 g/mol. The van der Waals surface area contributed by atoms with Crippen molar-refractivity contribution in [3.8, 4) is 5.75 Å². The van der Waals surface area contributed by atoms with Crippen molar-refractivity contribution in [1.29, 1.82) is 0 Å². The molecule has 1 amide bonds. The lowest BCUT2D eigenvalue weighted by molar-refractivity contribution is -0.149. The minimum atomic E-state index is -0.854. The summed E-state index contributed by atoms with van der Waals surface area (Å²) >= 11 is 5.89. The Morgan fingerprint density at radius 1 is 1.41 bits per heavy atom. The highest BCUT2D eigenvalue weighted by Crippen LogP contribution is 2.24. The Morgan fingerprint density at radius 3 is 2.77 bits per heavy atom. The van der Waals surface area contributed by atoms with Gasteiger partial charge in [0.2, 0.25) is 0 Å². The van der Waals surface area contributed by atoms with E-state index < -0.39 is 18.0 Å². The van der Waals surface area contributed by atoms with Crippen LogP contribution in [-0.4, -0.2) is 40.6 Å². The minimum absolute atomic E-state index is 0.0218. The molecule has 0 aromatic heterocycles. The maximum absolute atomic E-state index is 12.5. The summed E-state index contributed by atoms with van der Waals surface area (Å²) in [5, 5.41) is 9.68. The van der Waals surface area contributed by atoms with Crippen molar-refractivity contribution in [3.05, 3.63) is 29.3 Å². The molecule has 0 spiro atoms. The zero-order chi connectivity index (χ0) is 16.3. The van der Waals surface area contributed by atoms with Crippen LogP contribution < -0.4 is 4.74 Å². The maximum Gasteiger partial charge on any atom is 0.308 e. The Morgan fingerprint density at radius 2 is 2.14 bits per heavy atom. The number of aliphatic carboxylic acids is 1. The van der Waals surface area contributed by atoms with E-state index in [2.05, 4.69) is 0 Å². The molecular weight excluding hydrogens is 306 g/mol. The molecule has 1 aromatic rings. The maximum atomic E-state index is 12.5. The van der Waals surface area contributed by atoms with Gasteiger partial charge in [0.15, 0.2) is 6.10 Å². The highest BCUT2D eigenvalue weighted by Gasteiger charge is 2.34. The number of carboxylic acid groups (broad SMARTS) is 1. The predicted octanol–water partition coefficient (Wildman–Crippen LogP) is 2.82. The second kappa shape index (κ2) is 7.01. The number of rotatable bonds is 4. The van der Waals surface area contributed by atoms with Crippen LogP contribution in [0.3, 0.4) is 0 Å². The van der Waals surface area contributed by atoms with Crippen LogP contribution in [0, 0.1) is 5.92 Å². The van der Waals surface area contributed by atoms with E-state index in [1.165, 1.54) is 0 Å². The molecule has 1 N–H and O–H groups in total. The highest BCUT2D eigenvalue weighted by molar-refractivity contribution is 6.30. The fourth-order valence-corrected chi connectivity index (χ4v) is 2.82. The molecule has 120 valence electrons. The van der Waals surface area contributed by atoms with E-state index in [1.54, 1.807) is 36.1 Å². The Bertz CT molecular complexity index is 563. The number of carboxylic acids is 1. The van der Waals surface area contributed by atoms with Crippen LogP contribution in [0.25, 0.3) is 0 Å². The van der Waals surface area contributed by atoms with Gasteiger partial charge in [-0.2, -0.15) is 0 Å². The third-order valence-corrected chi connectivity index (χ3v) is 4.21. The first kappa shape index (κ1) is 16.6. The summed E-state index contributed by atoms with van der Waals surface area (Å²) in [5.74, 6) is -1.03. The van der Waals surface area contributed by atoms with Gasteiger partial charge in [-0.3, -0.25) is 9.59 Å². The van der Waals surface area contributed by atoms with E-state index in [1.807, 2.05) is 6.92 Å². The average Bonchev–Trinajstić information content (AvgIpc) is 2.46. The van der Waals surface area contributed by atoms with Gasteiger partial charge in [-0.15, -0.1) is 0 Å². The molecule has 3 unspecified atom stereocenters. The summed E-state index contributed by atoms with van der Waals surface area (Å²) in [6.07, 6.45) is 0.601. The van der Waals surface area contributed by atoms with Crippen molar-refractivity contribution in [1.82, 2.24) is 4.90 Å². The van der Waals surface area contributed by atoms with Crippen molar-refractivity contribution >= 4 is 23.5 Å². The number of carbonyl (C=O) groups excluding carboxylic acids is 1. The zero-order valence-corrected chi connectivity index (χ0v) is 13.4. The standard InChI is InChI=1S/C16H20ClNO4/c1-10-6-7-12(16(20)21)9-18(10)15(19)11(2)22-14-5-3-4-13(17)8-14/h3-5,8,10-12H,6-7,9H2,1-2H3,(H,20,21). The Kier molecular flexibility index (Phi) is 5.29. The summed E-state index contributed by atoms with van der Waals surface area (Å²) in [4.78, 5) is 25.3. The van der Waals surface area contributed by atoms with Crippen molar-refractivity contribution in [3.63, 3.8) is 0 Å². The zero-order valence-electron chi connectivity index (χ0n) is 12.7. The van der Waals surface area contributed by atoms with Gasteiger partial charge >= 0.3 is 5.97 Å². The number of carbonyl (C=O) groups is 2. The molecule has 0 radical (unpaired) electrons. The van der Waals surface area contributed by atoms with Crippen molar-refractivity contribution in [2.45, 2.75) is 38.8 Å². The van der Waals surface area contributed by atoms with Crippen LogP contribution >= 0.6 is 11.6 Å². The fraction of sp³-hybridized carbons (Fsp3) is 0.500. The van der Waals surface area contributed by atoms with E-state index in [-0.39, 0.29) is 18.5 Å². The van der Waals surface area contributed by atoms with Crippen molar-refractivity contribution < 1.29 is 19.4 Å². The smallest absolute Gasteiger partial charge is 0.308 e. The van der Waals surface area contributed by atoms with Crippen LogP contribution in [-0.2, 0) is 9.59 Å². The van der Waals surface area contributed by atoms with Gasteiger partial charge in [0.25, 0.3) is 5.91 Å². The highest BCUT2D eigenvalue weighted by atomic mass is 35.5. The van der Waals surface area contributed by atoms with Crippen LogP contribution in [0.5, 0.6) is 5.75 Å². The molecule has 5 nitrogen and oxygen atoms in total. The molecule has 0 bridgehead atoms. The van der Waals surface area contributed by atoms with E-state index in [4.69, 9.17) is 21.4 Å². The van der Waals surface area contributed by atoms with Crippen LogP contribution in [0.2, 0.25) is 5.02 Å². The molecule has 3 atom stereocenters. The number of amides is 1. The van der Waals surface area contributed by atoms with E-state index in [0.29, 0.717) is 23.6 Å². The van der Waals surface area contributed by atoms with Crippen LogP contribution in [0.15, 0.2) is 24.3 Å². The molecule has 1 aliphatic rings. The van der Waals surface area contributed by atoms with Crippen molar-refractivity contribution in [2.75, 3.05) is 6.54 Å². The van der Waals surface area contributed by atoms with Gasteiger partial charge < -0.3 is 14.7 Å². The number of halogens is 1. The summed E-state index contributed by atoms with van der Waals surface area (Å²) < 4.78 is 5.63. The largest absolute Gasteiger partial charge is 0.481 e.